The highest BCUT2D eigenvalue weighted by Crippen LogP contribution is 2.30. The summed E-state index contributed by atoms with van der Waals surface area (Å²) in [6, 6.07) is 11.9. The summed E-state index contributed by atoms with van der Waals surface area (Å²) < 4.78 is 18.4. The molecule has 0 aliphatic carbocycles. The first-order chi connectivity index (χ1) is 11.1. The van der Waals surface area contributed by atoms with Gasteiger partial charge in [0, 0.05) is 29.6 Å². The second-order valence-electron chi connectivity index (χ2n) is 5.64. The van der Waals surface area contributed by atoms with E-state index in [0.717, 1.165) is 12.0 Å². The van der Waals surface area contributed by atoms with E-state index in [0.29, 0.717) is 23.7 Å². The number of hydrogen-bond donors (Lipinski definition) is 0. The van der Waals surface area contributed by atoms with Gasteiger partial charge in [0.2, 0.25) is 0 Å². The fourth-order valence-electron chi connectivity index (χ4n) is 2.95. The number of carbonyl (C=O) groups is 1. The van der Waals surface area contributed by atoms with Crippen LogP contribution in [0.2, 0.25) is 5.02 Å². The lowest BCUT2D eigenvalue weighted by atomic mass is 9.99. The monoisotopic (exact) mass is 333 g/mol. The number of halogens is 2. The molecule has 1 aliphatic heterocycles. The number of nitrogens with zero attached hydrogens (tertiary/aromatic N) is 1. The Kier molecular flexibility index (Phi) is 4.53. The smallest absolute Gasteiger partial charge is 0.254 e. The summed E-state index contributed by atoms with van der Waals surface area (Å²) in [4.78, 5) is 14.4. The summed E-state index contributed by atoms with van der Waals surface area (Å²) in [5.41, 5.74) is 1.58. The fourth-order valence-corrected chi connectivity index (χ4v) is 3.15. The number of amides is 1. The first kappa shape index (κ1) is 15.8. The van der Waals surface area contributed by atoms with Crippen molar-refractivity contribution in [1.29, 1.82) is 0 Å². The van der Waals surface area contributed by atoms with Crippen molar-refractivity contribution in [3.8, 4) is 5.75 Å². The van der Waals surface area contributed by atoms with E-state index in [2.05, 4.69) is 0 Å². The number of benzene rings is 2. The van der Waals surface area contributed by atoms with Gasteiger partial charge in [-0.1, -0.05) is 23.7 Å². The predicted octanol–water partition coefficient (Wildman–Crippen LogP) is 4.12. The molecule has 1 amide bonds. The molecule has 1 heterocycles. The molecule has 0 radical (unpaired) electrons. The van der Waals surface area contributed by atoms with E-state index in [-0.39, 0.29) is 17.6 Å². The maximum absolute atomic E-state index is 13.5. The summed E-state index contributed by atoms with van der Waals surface area (Å²) in [6.45, 7) is 1.31. The van der Waals surface area contributed by atoms with Crippen molar-refractivity contribution in [1.82, 2.24) is 4.90 Å². The average Bonchev–Trinajstić information content (AvgIpc) is 3.04. The lowest BCUT2D eigenvalue weighted by molar-refractivity contribution is 0.0790. The SMILES string of the molecule is COc1cc(C(=O)N2CC[C@@H](c3cccc(Cl)c3)C2)ccc1F. The van der Waals surface area contributed by atoms with E-state index in [1.807, 2.05) is 24.3 Å². The van der Waals surface area contributed by atoms with Crippen LogP contribution in [0, 0.1) is 5.82 Å². The molecule has 0 aromatic heterocycles. The van der Waals surface area contributed by atoms with Gasteiger partial charge >= 0.3 is 0 Å². The Morgan fingerprint density at radius 3 is 2.87 bits per heavy atom. The molecule has 1 aliphatic rings. The summed E-state index contributed by atoms with van der Waals surface area (Å²) >= 11 is 6.04. The van der Waals surface area contributed by atoms with E-state index < -0.39 is 5.82 Å². The topological polar surface area (TPSA) is 29.5 Å². The molecular weight excluding hydrogens is 317 g/mol. The van der Waals surface area contributed by atoms with E-state index in [1.54, 1.807) is 4.90 Å². The Bertz CT molecular complexity index is 735. The Morgan fingerprint density at radius 2 is 2.13 bits per heavy atom. The van der Waals surface area contributed by atoms with E-state index in [1.165, 1.54) is 25.3 Å². The third kappa shape index (κ3) is 3.32. The Balaban J connectivity index is 1.75. The third-order valence-corrected chi connectivity index (χ3v) is 4.43. The second-order valence-corrected chi connectivity index (χ2v) is 6.08. The number of methoxy groups -OCH3 is 1. The van der Waals surface area contributed by atoms with Gasteiger partial charge in [0.25, 0.3) is 5.91 Å². The van der Waals surface area contributed by atoms with Gasteiger partial charge in [-0.15, -0.1) is 0 Å². The first-order valence-corrected chi connectivity index (χ1v) is 7.84. The molecule has 3 rings (SSSR count). The van der Waals surface area contributed by atoms with Gasteiger partial charge in [-0.05, 0) is 42.3 Å². The maximum atomic E-state index is 13.5. The predicted molar refractivity (Wildman–Crippen MR) is 87.7 cm³/mol. The normalized spacial score (nSPS) is 17.3. The van der Waals surface area contributed by atoms with Crippen LogP contribution < -0.4 is 4.74 Å². The summed E-state index contributed by atoms with van der Waals surface area (Å²) in [7, 11) is 1.39. The van der Waals surface area contributed by atoms with Crippen molar-refractivity contribution >= 4 is 17.5 Å². The number of rotatable bonds is 3. The standard InChI is InChI=1S/C18H17ClFNO2/c1-23-17-10-13(5-6-16(17)20)18(22)21-8-7-14(11-21)12-3-2-4-15(19)9-12/h2-6,9-10,14H,7-8,11H2,1H3/t14-/m1/s1. The third-order valence-electron chi connectivity index (χ3n) is 4.19. The molecule has 2 aromatic carbocycles. The lowest BCUT2D eigenvalue weighted by Crippen LogP contribution is -2.28. The molecule has 0 spiro atoms. The van der Waals surface area contributed by atoms with Gasteiger partial charge in [-0.3, -0.25) is 4.79 Å². The van der Waals surface area contributed by atoms with Crippen LogP contribution in [-0.4, -0.2) is 31.0 Å². The van der Waals surface area contributed by atoms with Crippen LogP contribution in [-0.2, 0) is 0 Å². The minimum absolute atomic E-state index is 0.0847. The van der Waals surface area contributed by atoms with Crippen molar-refractivity contribution in [2.75, 3.05) is 20.2 Å². The molecule has 3 nitrogen and oxygen atoms in total. The van der Waals surface area contributed by atoms with Crippen LogP contribution in [0.25, 0.3) is 0 Å². The zero-order valence-corrected chi connectivity index (χ0v) is 13.5. The molecule has 0 N–H and O–H groups in total. The Labute approximate surface area is 139 Å². The number of carbonyl (C=O) groups excluding carboxylic acids is 1. The first-order valence-electron chi connectivity index (χ1n) is 7.47. The molecule has 23 heavy (non-hydrogen) atoms. The molecular formula is C18H17ClFNO2. The number of ether oxygens (including phenoxy) is 1. The van der Waals surface area contributed by atoms with Crippen molar-refractivity contribution in [3.05, 3.63) is 64.4 Å². The molecule has 5 heteroatoms. The number of likely N-dealkylation sites (tertiary alicyclic amines) is 1. The van der Waals surface area contributed by atoms with Crippen LogP contribution in [0.3, 0.4) is 0 Å². The van der Waals surface area contributed by atoms with Crippen molar-refractivity contribution in [2.45, 2.75) is 12.3 Å². The van der Waals surface area contributed by atoms with Crippen LogP contribution in [0.4, 0.5) is 4.39 Å². The van der Waals surface area contributed by atoms with E-state index in [4.69, 9.17) is 16.3 Å². The van der Waals surface area contributed by atoms with E-state index in [9.17, 15) is 9.18 Å². The molecule has 2 aromatic rings. The van der Waals surface area contributed by atoms with E-state index >= 15 is 0 Å². The fraction of sp³-hybridized carbons (Fsp3) is 0.278. The molecule has 0 unspecified atom stereocenters. The van der Waals surface area contributed by atoms with Gasteiger partial charge in [0.05, 0.1) is 7.11 Å². The summed E-state index contributed by atoms with van der Waals surface area (Å²) in [5, 5.41) is 0.704. The molecule has 0 saturated carbocycles. The molecule has 1 atom stereocenters. The van der Waals surface area contributed by atoms with Gasteiger partial charge < -0.3 is 9.64 Å². The van der Waals surface area contributed by atoms with Crippen molar-refractivity contribution in [2.24, 2.45) is 0 Å². The summed E-state index contributed by atoms with van der Waals surface area (Å²) in [6.07, 6.45) is 0.893. The van der Waals surface area contributed by atoms with Crippen LogP contribution in [0.5, 0.6) is 5.75 Å². The Morgan fingerprint density at radius 1 is 1.30 bits per heavy atom. The van der Waals surface area contributed by atoms with Gasteiger partial charge in [-0.25, -0.2) is 4.39 Å². The molecule has 0 bridgehead atoms. The zero-order valence-electron chi connectivity index (χ0n) is 12.8. The van der Waals surface area contributed by atoms with Crippen LogP contribution in [0.15, 0.2) is 42.5 Å². The van der Waals surface area contributed by atoms with Gasteiger partial charge in [-0.2, -0.15) is 0 Å². The lowest BCUT2D eigenvalue weighted by Gasteiger charge is -2.17. The van der Waals surface area contributed by atoms with Gasteiger partial charge in [0.15, 0.2) is 11.6 Å². The highest BCUT2D eigenvalue weighted by Gasteiger charge is 2.28. The molecule has 120 valence electrons. The summed E-state index contributed by atoms with van der Waals surface area (Å²) in [5.74, 6) is -0.212. The molecule has 1 fully saturated rings. The largest absolute Gasteiger partial charge is 0.494 e. The second kappa shape index (κ2) is 6.59. The van der Waals surface area contributed by atoms with Gasteiger partial charge in [0.1, 0.15) is 0 Å². The van der Waals surface area contributed by atoms with Crippen LogP contribution in [0.1, 0.15) is 28.3 Å². The van der Waals surface area contributed by atoms with Crippen LogP contribution >= 0.6 is 11.6 Å². The van der Waals surface area contributed by atoms with Crippen molar-refractivity contribution < 1.29 is 13.9 Å². The highest BCUT2D eigenvalue weighted by molar-refractivity contribution is 6.30. The van der Waals surface area contributed by atoms with Crippen molar-refractivity contribution in [3.63, 3.8) is 0 Å². The zero-order chi connectivity index (χ0) is 16.4. The minimum atomic E-state index is -0.470. The quantitative estimate of drug-likeness (QED) is 0.845. The molecule has 1 saturated heterocycles. The average molecular weight is 334 g/mol. The minimum Gasteiger partial charge on any atom is -0.494 e. The Hall–Kier alpha value is -2.07. The maximum Gasteiger partial charge on any atom is 0.254 e. The number of hydrogen-bond acceptors (Lipinski definition) is 2. The highest BCUT2D eigenvalue weighted by atomic mass is 35.5.